The van der Waals surface area contributed by atoms with E-state index in [4.69, 9.17) is 10.5 Å². The average molecular weight is 108 g/mol. The second-order valence-corrected chi connectivity index (χ2v) is 1.02. The molecule has 0 spiro atoms. The smallest absolute Gasteiger partial charge is 0.0842 e. The molecule has 0 saturated heterocycles. The highest BCUT2D eigenvalue weighted by molar-refractivity contribution is 4.25. The first-order valence-electron chi connectivity index (χ1n) is 1.94. The molecule has 0 atom stereocenters. The monoisotopic (exact) mass is 108 g/mol. The normalized spacial score (nSPS) is 9.43. The second kappa shape index (κ2) is 5.84. The first-order chi connectivity index (χ1) is 3.41. The van der Waals surface area contributed by atoms with Gasteiger partial charge in [-0.3, -0.25) is 10.5 Å². The topological polar surface area (TPSA) is 58.9 Å². The van der Waals surface area contributed by atoms with Crippen molar-refractivity contribution in [3.05, 3.63) is 0 Å². The van der Waals surface area contributed by atoms with Crippen molar-refractivity contribution in [2.45, 2.75) is 6.42 Å². The van der Waals surface area contributed by atoms with Crippen molar-refractivity contribution in [3.63, 3.8) is 0 Å². The van der Waals surface area contributed by atoms with Crippen molar-refractivity contribution >= 4 is 0 Å². The van der Waals surface area contributed by atoms with Gasteiger partial charge in [0.15, 0.2) is 0 Å². The summed E-state index contributed by atoms with van der Waals surface area (Å²) < 4.78 is 0. The van der Waals surface area contributed by atoms with Crippen LogP contribution >= 0.6 is 0 Å². The van der Waals surface area contributed by atoms with E-state index in [0.29, 0.717) is 6.42 Å². The Bertz CT molecular complexity index is 26.1. The van der Waals surface area contributed by atoms with Gasteiger partial charge in [-0.2, -0.15) is 0 Å². The van der Waals surface area contributed by atoms with E-state index in [1.807, 2.05) is 0 Å². The van der Waals surface area contributed by atoms with Crippen LogP contribution in [0.4, 0.5) is 0 Å². The quantitative estimate of drug-likeness (QED) is 0.310. The summed E-state index contributed by atoms with van der Waals surface area (Å²) in [5, 5.41) is 15.3. The average Bonchev–Trinajstić information content (AvgIpc) is 1.69. The van der Waals surface area contributed by atoms with Crippen molar-refractivity contribution in [2.75, 3.05) is 13.2 Å². The molecule has 4 nitrogen and oxygen atoms in total. The fourth-order valence-corrected chi connectivity index (χ4v) is 0.188. The van der Waals surface area contributed by atoms with Crippen LogP contribution in [0.15, 0.2) is 0 Å². The van der Waals surface area contributed by atoms with Crippen molar-refractivity contribution in [1.29, 1.82) is 0 Å². The van der Waals surface area contributed by atoms with Crippen LogP contribution in [-0.4, -0.2) is 23.7 Å². The van der Waals surface area contributed by atoms with E-state index >= 15 is 0 Å². The summed E-state index contributed by atoms with van der Waals surface area (Å²) in [5.41, 5.74) is 0. The Morgan fingerprint density at radius 3 is 1.71 bits per heavy atom. The highest BCUT2D eigenvalue weighted by Crippen LogP contribution is 1.77. The van der Waals surface area contributed by atoms with Crippen LogP contribution in [0.3, 0.4) is 0 Å². The van der Waals surface area contributed by atoms with E-state index < -0.39 is 0 Å². The maximum Gasteiger partial charge on any atom is 0.0842 e. The van der Waals surface area contributed by atoms with E-state index in [9.17, 15) is 0 Å². The fraction of sp³-hybridized carbons (Fsp3) is 1.00. The molecule has 0 aromatic heterocycles. The van der Waals surface area contributed by atoms with Crippen LogP contribution < -0.4 is 0 Å². The molecule has 44 valence electrons. The molecule has 0 aromatic rings. The lowest BCUT2D eigenvalue weighted by molar-refractivity contribution is -0.266. The summed E-state index contributed by atoms with van der Waals surface area (Å²) in [5.74, 6) is 0. The summed E-state index contributed by atoms with van der Waals surface area (Å²) in [6.07, 6.45) is 0.493. The van der Waals surface area contributed by atoms with Gasteiger partial charge in [0.2, 0.25) is 0 Å². The lowest BCUT2D eigenvalue weighted by Crippen LogP contribution is -1.94. The molecule has 0 saturated carbocycles. The summed E-state index contributed by atoms with van der Waals surface area (Å²) in [6.45, 7) is 0.390. The van der Waals surface area contributed by atoms with Crippen LogP contribution in [0, 0.1) is 0 Å². The first-order valence-corrected chi connectivity index (χ1v) is 1.94. The second-order valence-electron chi connectivity index (χ2n) is 1.02. The van der Waals surface area contributed by atoms with Gasteiger partial charge >= 0.3 is 0 Å². The van der Waals surface area contributed by atoms with Crippen LogP contribution in [0.1, 0.15) is 6.42 Å². The molecule has 0 amide bonds. The van der Waals surface area contributed by atoms with Gasteiger partial charge in [0.1, 0.15) is 0 Å². The molecule has 4 heteroatoms. The van der Waals surface area contributed by atoms with Crippen molar-refractivity contribution in [3.8, 4) is 0 Å². The largest absolute Gasteiger partial charge is 0.252 e. The van der Waals surface area contributed by atoms with Gasteiger partial charge in [0, 0.05) is 6.42 Å². The van der Waals surface area contributed by atoms with E-state index in [2.05, 4.69) is 9.78 Å². The Labute approximate surface area is 41.1 Å². The lowest BCUT2D eigenvalue weighted by Gasteiger charge is -1.91. The minimum Gasteiger partial charge on any atom is -0.252 e. The predicted molar refractivity (Wildman–Crippen MR) is 21.8 cm³/mol. The summed E-state index contributed by atoms with van der Waals surface area (Å²) in [6, 6.07) is 0. The summed E-state index contributed by atoms with van der Waals surface area (Å²) >= 11 is 0. The molecule has 7 heavy (non-hydrogen) atoms. The summed E-state index contributed by atoms with van der Waals surface area (Å²) in [4.78, 5) is 7.31. The Kier molecular flexibility index (Phi) is 5.71. The van der Waals surface area contributed by atoms with Crippen molar-refractivity contribution in [2.24, 2.45) is 0 Å². The minimum absolute atomic E-state index is 0.195. The van der Waals surface area contributed by atoms with E-state index in [0.717, 1.165) is 0 Å². The van der Waals surface area contributed by atoms with Crippen molar-refractivity contribution in [1.82, 2.24) is 0 Å². The zero-order valence-electron chi connectivity index (χ0n) is 3.83. The Balaban J connectivity index is 2.45. The van der Waals surface area contributed by atoms with E-state index in [-0.39, 0.29) is 13.2 Å². The molecule has 0 bridgehead atoms. The van der Waals surface area contributed by atoms with Gasteiger partial charge in [-0.05, 0) is 0 Å². The lowest BCUT2D eigenvalue weighted by atomic mass is 10.5. The number of rotatable bonds is 4. The third kappa shape index (κ3) is 5.84. The molecule has 0 aliphatic heterocycles. The van der Waals surface area contributed by atoms with E-state index in [1.165, 1.54) is 0 Å². The molecule has 0 unspecified atom stereocenters. The third-order valence-corrected chi connectivity index (χ3v) is 0.471. The third-order valence-electron chi connectivity index (χ3n) is 0.471. The van der Waals surface area contributed by atoms with Crippen LogP contribution in [0.5, 0.6) is 0 Å². The molecule has 0 aliphatic rings. The highest BCUT2D eigenvalue weighted by Gasteiger charge is 1.82. The maximum absolute atomic E-state index is 7.66. The summed E-state index contributed by atoms with van der Waals surface area (Å²) in [7, 11) is 0. The number of hydrogen-bond acceptors (Lipinski definition) is 4. The zero-order chi connectivity index (χ0) is 5.54. The maximum atomic E-state index is 7.66. The van der Waals surface area contributed by atoms with Crippen LogP contribution in [-0.2, 0) is 9.78 Å². The Hall–Kier alpha value is -0.160. The Morgan fingerprint density at radius 1 is 1.00 bits per heavy atom. The van der Waals surface area contributed by atoms with Crippen LogP contribution in [0.25, 0.3) is 0 Å². The van der Waals surface area contributed by atoms with Crippen LogP contribution in [0.2, 0.25) is 0 Å². The fourth-order valence-electron chi connectivity index (χ4n) is 0.188. The van der Waals surface area contributed by atoms with Gasteiger partial charge in [-0.1, -0.05) is 0 Å². The molecule has 0 heterocycles. The van der Waals surface area contributed by atoms with Gasteiger partial charge < -0.3 is 0 Å². The van der Waals surface area contributed by atoms with Gasteiger partial charge in [0.05, 0.1) is 13.2 Å². The molecule has 0 fully saturated rings. The molecular weight excluding hydrogens is 100 g/mol. The van der Waals surface area contributed by atoms with Gasteiger partial charge in [-0.15, -0.1) is 0 Å². The zero-order valence-corrected chi connectivity index (χ0v) is 3.83. The molecule has 0 radical (unpaired) electrons. The minimum atomic E-state index is 0.195. The molecular formula is C3H8O4. The van der Waals surface area contributed by atoms with Gasteiger partial charge in [-0.25, -0.2) is 9.78 Å². The van der Waals surface area contributed by atoms with Gasteiger partial charge in [0.25, 0.3) is 0 Å². The Morgan fingerprint density at radius 2 is 1.43 bits per heavy atom. The standard InChI is InChI=1S/C3H8O4/c4-6-2-1-3-7-5/h4-5H,1-3H2. The number of hydrogen-bond donors (Lipinski definition) is 2. The first kappa shape index (κ1) is 6.84. The SMILES string of the molecule is OOCCCOO. The molecule has 0 aliphatic carbocycles. The highest BCUT2D eigenvalue weighted by atomic mass is 17.1. The van der Waals surface area contributed by atoms with Crippen molar-refractivity contribution < 1.29 is 20.3 Å². The molecule has 0 aromatic carbocycles. The van der Waals surface area contributed by atoms with E-state index in [1.54, 1.807) is 0 Å². The molecule has 2 N–H and O–H groups in total. The predicted octanol–water partition coefficient (Wildman–Crippen LogP) is 0.356. The molecule has 0 rings (SSSR count).